The molecule has 1 aromatic carbocycles. The Labute approximate surface area is 201 Å². The number of nitrogens with two attached hydrogens (primary N) is 1. The minimum absolute atomic E-state index is 0.120. The first-order valence-corrected chi connectivity index (χ1v) is 12.7. The molecule has 0 aliphatic heterocycles. The van der Waals surface area contributed by atoms with Gasteiger partial charge in [-0.3, -0.25) is 9.59 Å². The molecule has 3 atom stereocenters. The van der Waals surface area contributed by atoms with E-state index in [1.165, 1.54) is 7.05 Å². The molecule has 0 radical (unpaired) electrons. The van der Waals surface area contributed by atoms with Crippen LogP contribution in [0.2, 0.25) is 0 Å². The van der Waals surface area contributed by atoms with Crippen LogP contribution >= 0.6 is 0 Å². The van der Waals surface area contributed by atoms with Crippen LogP contribution < -0.4 is 21.1 Å². The lowest BCUT2D eigenvalue weighted by Gasteiger charge is -2.28. The number of nitrogens with zero attached hydrogens (tertiary/aromatic N) is 2. The van der Waals surface area contributed by atoms with Gasteiger partial charge in [0.1, 0.15) is 12.1 Å². The number of carbonyl (C=O) groups excluding carboxylic acids is 3. The number of nitrogens with one attached hydrogen (secondary N) is 3. The number of rotatable bonds is 13. The average Bonchev–Trinajstić information content (AvgIpc) is 2.80. The molecule has 11 nitrogen and oxygen atoms in total. The Morgan fingerprint density at radius 3 is 2.26 bits per heavy atom. The molecule has 0 bridgehead atoms. The standard InChI is InChI=1S/C22H34N6O5S/c1-5-11-34(32,33)27-19(15(3)6-2)21(30)26-18(14-28(4)22(24)31)20(29)25-13-17-9-7-16(12-23)8-10-17/h7-10,15,18-19,27H,5-6,11,13-14H2,1-4H3,(H2,24,31)(H,25,29)(H,26,30)/t15-,18+,19-/m1/s1. The topological polar surface area (TPSA) is 174 Å². The fraction of sp³-hybridized carbons (Fsp3) is 0.545. The summed E-state index contributed by atoms with van der Waals surface area (Å²) in [5.74, 6) is -1.73. The zero-order valence-corrected chi connectivity index (χ0v) is 20.8. The second kappa shape index (κ2) is 13.5. The van der Waals surface area contributed by atoms with Crippen LogP contribution in [0.4, 0.5) is 4.79 Å². The van der Waals surface area contributed by atoms with Crippen molar-refractivity contribution in [2.75, 3.05) is 19.3 Å². The molecule has 0 aliphatic carbocycles. The molecule has 0 aliphatic rings. The van der Waals surface area contributed by atoms with Crippen molar-refractivity contribution in [1.82, 2.24) is 20.3 Å². The smallest absolute Gasteiger partial charge is 0.314 e. The van der Waals surface area contributed by atoms with Crippen LogP contribution in [0.3, 0.4) is 0 Å². The molecule has 188 valence electrons. The van der Waals surface area contributed by atoms with E-state index in [1.54, 1.807) is 38.1 Å². The number of hydrogen-bond donors (Lipinski definition) is 4. The van der Waals surface area contributed by atoms with Crippen molar-refractivity contribution in [3.05, 3.63) is 35.4 Å². The van der Waals surface area contributed by atoms with E-state index in [4.69, 9.17) is 11.0 Å². The molecule has 0 saturated carbocycles. The monoisotopic (exact) mass is 494 g/mol. The first-order valence-electron chi connectivity index (χ1n) is 11.0. The first kappa shape index (κ1) is 28.9. The normalized spacial score (nSPS) is 13.7. The van der Waals surface area contributed by atoms with E-state index in [0.717, 1.165) is 10.5 Å². The lowest BCUT2D eigenvalue weighted by molar-refractivity contribution is -0.130. The fourth-order valence-corrected chi connectivity index (χ4v) is 4.40. The molecule has 5 N–H and O–H groups in total. The van der Waals surface area contributed by atoms with Crippen molar-refractivity contribution in [2.45, 2.75) is 52.2 Å². The van der Waals surface area contributed by atoms with Crippen LogP contribution in [0.15, 0.2) is 24.3 Å². The Balaban J connectivity index is 3.03. The molecule has 0 aromatic heterocycles. The van der Waals surface area contributed by atoms with E-state index < -0.39 is 40.0 Å². The Morgan fingerprint density at radius 1 is 1.15 bits per heavy atom. The van der Waals surface area contributed by atoms with Gasteiger partial charge in [0.05, 0.1) is 23.9 Å². The highest BCUT2D eigenvalue weighted by Crippen LogP contribution is 2.11. The van der Waals surface area contributed by atoms with Crippen molar-refractivity contribution in [2.24, 2.45) is 11.7 Å². The van der Waals surface area contributed by atoms with Crippen molar-refractivity contribution < 1.29 is 22.8 Å². The van der Waals surface area contributed by atoms with Crippen molar-refractivity contribution in [1.29, 1.82) is 5.26 Å². The first-order chi connectivity index (χ1) is 15.9. The van der Waals surface area contributed by atoms with Gasteiger partial charge in [-0.1, -0.05) is 39.3 Å². The summed E-state index contributed by atoms with van der Waals surface area (Å²) in [6.07, 6.45) is 0.900. The van der Waals surface area contributed by atoms with Crippen LogP contribution in [0.1, 0.15) is 44.7 Å². The Morgan fingerprint density at radius 2 is 1.76 bits per heavy atom. The number of urea groups is 1. The number of primary amides is 1. The highest BCUT2D eigenvalue weighted by atomic mass is 32.2. The average molecular weight is 495 g/mol. The van der Waals surface area contributed by atoms with Gasteiger partial charge in [-0.2, -0.15) is 5.26 Å². The van der Waals surface area contributed by atoms with Gasteiger partial charge < -0.3 is 21.3 Å². The van der Waals surface area contributed by atoms with E-state index in [1.807, 2.05) is 13.0 Å². The molecule has 0 spiro atoms. The Kier molecular flexibility index (Phi) is 11.5. The maximum Gasteiger partial charge on any atom is 0.314 e. The van der Waals surface area contributed by atoms with Crippen molar-refractivity contribution in [3.63, 3.8) is 0 Å². The fourth-order valence-electron chi connectivity index (χ4n) is 3.01. The summed E-state index contributed by atoms with van der Waals surface area (Å²) in [6, 6.07) is 5.54. The zero-order valence-electron chi connectivity index (χ0n) is 20.0. The SMILES string of the molecule is CCCS(=O)(=O)N[C@@H](C(=O)N[C@@H](CN(C)C(N)=O)C(=O)NCc1ccc(C#N)cc1)[C@H](C)CC. The number of amides is 4. The second-order valence-electron chi connectivity index (χ2n) is 8.11. The summed E-state index contributed by atoms with van der Waals surface area (Å²) in [5.41, 5.74) is 6.48. The molecular formula is C22H34N6O5S. The minimum atomic E-state index is -3.69. The molecule has 34 heavy (non-hydrogen) atoms. The minimum Gasteiger partial charge on any atom is -0.351 e. The van der Waals surface area contributed by atoms with E-state index in [2.05, 4.69) is 15.4 Å². The molecule has 0 fully saturated rings. The van der Waals surface area contributed by atoms with E-state index >= 15 is 0 Å². The molecule has 0 heterocycles. The molecule has 0 saturated heterocycles. The van der Waals surface area contributed by atoms with E-state index in [9.17, 15) is 22.8 Å². The Bertz CT molecular complexity index is 990. The van der Waals surface area contributed by atoms with Gasteiger partial charge in [0, 0.05) is 13.6 Å². The van der Waals surface area contributed by atoms with E-state index in [0.29, 0.717) is 18.4 Å². The van der Waals surface area contributed by atoms with Gasteiger partial charge >= 0.3 is 6.03 Å². The van der Waals surface area contributed by atoms with Crippen LogP contribution in [-0.4, -0.2) is 62.6 Å². The van der Waals surface area contributed by atoms with Crippen LogP contribution in [-0.2, 0) is 26.2 Å². The summed E-state index contributed by atoms with van der Waals surface area (Å²) in [4.78, 5) is 38.5. The number of nitriles is 1. The van der Waals surface area contributed by atoms with Gasteiger partial charge in [-0.25, -0.2) is 17.9 Å². The number of hydrogen-bond acceptors (Lipinski definition) is 6. The van der Waals surface area contributed by atoms with Gasteiger partial charge in [0.25, 0.3) is 0 Å². The van der Waals surface area contributed by atoms with Gasteiger partial charge in [0.2, 0.25) is 21.8 Å². The maximum absolute atomic E-state index is 13.1. The third-order valence-corrected chi connectivity index (χ3v) is 6.85. The van der Waals surface area contributed by atoms with Crippen LogP contribution in [0.5, 0.6) is 0 Å². The lowest BCUT2D eigenvalue weighted by Crippen LogP contribution is -2.58. The summed E-state index contributed by atoms with van der Waals surface area (Å²) >= 11 is 0. The van der Waals surface area contributed by atoms with Gasteiger partial charge in [0.15, 0.2) is 0 Å². The number of likely N-dealkylation sites (N-methyl/N-ethyl adjacent to an activating group) is 1. The lowest BCUT2D eigenvalue weighted by atomic mass is 9.99. The predicted molar refractivity (Wildman–Crippen MR) is 128 cm³/mol. The van der Waals surface area contributed by atoms with Gasteiger partial charge in [-0.05, 0) is 30.0 Å². The molecule has 1 aromatic rings. The largest absolute Gasteiger partial charge is 0.351 e. The quantitative estimate of drug-likeness (QED) is 0.309. The second-order valence-corrected chi connectivity index (χ2v) is 9.98. The molecule has 1 rings (SSSR count). The van der Waals surface area contributed by atoms with Crippen LogP contribution in [0, 0.1) is 17.2 Å². The van der Waals surface area contributed by atoms with E-state index in [-0.39, 0.29) is 24.8 Å². The molecule has 4 amide bonds. The summed E-state index contributed by atoms with van der Waals surface area (Å²) in [6.45, 7) is 5.17. The summed E-state index contributed by atoms with van der Waals surface area (Å²) in [5, 5.41) is 14.1. The molecule has 0 unspecified atom stereocenters. The molecular weight excluding hydrogens is 460 g/mol. The molecule has 12 heteroatoms. The third-order valence-electron chi connectivity index (χ3n) is 5.29. The Hall–Kier alpha value is -3.17. The third kappa shape index (κ3) is 9.36. The van der Waals surface area contributed by atoms with Crippen molar-refractivity contribution in [3.8, 4) is 6.07 Å². The van der Waals surface area contributed by atoms with Gasteiger partial charge in [-0.15, -0.1) is 0 Å². The number of sulfonamides is 1. The summed E-state index contributed by atoms with van der Waals surface area (Å²) < 4.78 is 27.0. The highest BCUT2D eigenvalue weighted by molar-refractivity contribution is 7.89. The predicted octanol–water partition coefficient (Wildman–Crippen LogP) is 0.414. The highest BCUT2D eigenvalue weighted by Gasteiger charge is 2.32. The number of benzene rings is 1. The maximum atomic E-state index is 13.1. The zero-order chi connectivity index (χ0) is 25.9. The number of carbonyl (C=O) groups is 3. The summed E-state index contributed by atoms with van der Waals surface area (Å²) in [7, 11) is -2.31. The van der Waals surface area contributed by atoms with Crippen LogP contribution in [0.25, 0.3) is 0 Å². The van der Waals surface area contributed by atoms with Crippen molar-refractivity contribution >= 4 is 27.9 Å².